The number of benzene rings is 2. The van der Waals surface area contributed by atoms with Crippen molar-refractivity contribution >= 4 is 44.2 Å². The average molecular weight is 1130 g/mol. The number of methoxy groups -OCH3 is 1. The molecule has 18 nitrogen and oxygen atoms in total. The number of anilines is 2. The fourth-order valence-corrected chi connectivity index (χ4v) is 13.9. The van der Waals surface area contributed by atoms with E-state index >= 15 is 4.39 Å². The highest BCUT2D eigenvalue weighted by Gasteiger charge is 2.50. The molecule has 0 radical (unpaired) electrons. The van der Waals surface area contributed by atoms with Crippen LogP contribution in [0, 0.1) is 22.4 Å². The number of hydrogen-bond donors (Lipinski definition) is 5. The number of aromatic amines is 1. The summed E-state index contributed by atoms with van der Waals surface area (Å²) in [5.74, 6) is 0.812. The second-order valence-electron chi connectivity index (χ2n) is 23.9. The van der Waals surface area contributed by atoms with Crippen LogP contribution in [0.1, 0.15) is 143 Å². The van der Waals surface area contributed by atoms with E-state index in [4.69, 9.17) is 19.2 Å². The lowest BCUT2D eigenvalue weighted by Gasteiger charge is -2.58. The van der Waals surface area contributed by atoms with Gasteiger partial charge in [-0.25, -0.2) is 22.5 Å². The maximum atomic E-state index is 15.1. The molecule has 2 aromatic carbocycles. The standard InChI is InChI=1S/C61H77FN10O8S/c1-7-79-59-54(29-48-49(62)35-66-56(48)67-59)80-52-27-42(14-15-47(52)58(73)68-81(76,77)44-28-50(69(5)75)57(65-34-44)64-32-39-16-18-60(4,74)19-17-39)71-22-20-61(21-23-71)30-43(31-61)72-25-24-70(37-51(72)46-11-9-8-10-45(46)38(2)3)36-40-26-53(78-6)55(63-33-40)41-12-13-41/h8-11,14-15,26-29,33-35,38-39,41,43,51,69,74H,7,12-13,16-25,30-32,36-37H2,1-6H3,(H,64,65)(H,66,67)(H,68,73). The van der Waals surface area contributed by atoms with Crippen LogP contribution in [0.25, 0.3) is 11.0 Å². The summed E-state index contributed by atoms with van der Waals surface area (Å²) in [6.07, 6.45) is 13.7. The summed E-state index contributed by atoms with van der Waals surface area (Å²) < 4.78 is 63.5. The van der Waals surface area contributed by atoms with Crippen molar-refractivity contribution in [3.8, 4) is 23.1 Å². The van der Waals surface area contributed by atoms with Crippen molar-refractivity contribution in [2.75, 3.05) is 70.2 Å². The fourth-order valence-electron chi connectivity index (χ4n) is 12.9. The molecule has 1 spiro atoms. The highest BCUT2D eigenvalue weighted by atomic mass is 32.2. The Kier molecular flexibility index (Phi) is 16.1. The third kappa shape index (κ3) is 12.2. The van der Waals surface area contributed by atoms with Crippen molar-refractivity contribution in [3.05, 3.63) is 118 Å². The van der Waals surface area contributed by atoms with Gasteiger partial charge in [0.2, 0.25) is 0 Å². The summed E-state index contributed by atoms with van der Waals surface area (Å²) in [5, 5.41) is 26.3. The number of hydrogen-bond acceptors (Lipinski definition) is 15. The van der Waals surface area contributed by atoms with Gasteiger partial charge in [-0.15, -0.1) is 0 Å². The molecule has 3 saturated carbocycles. The summed E-state index contributed by atoms with van der Waals surface area (Å²) in [6, 6.07) is 19.5. The van der Waals surface area contributed by atoms with Crippen molar-refractivity contribution in [2.24, 2.45) is 11.3 Å². The maximum Gasteiger partial charge on any atom is 0.268 e. The Balaban J connectivity index is 0.804. The van der Waals surface area contributed by atoms with E-state index in [-0.39, 0.29) is 74.4 Å². The zero-order valence-electron chi connectivity index (χ0n) is 47.4. The quantitative estimate of drug-likeness (QED) is 0.0478. The molecule has 1 amide bonds. The number of amides is 1. The molecule has 2 atom stereocenters. The van der Waals surface area contributed by atoms with Crippen molar-refractivity contribution in [3.63, 3.8) is 0 Å². The van der Waals surface area contributed by atoms with E-state index in [0.29, 0.717) is 37.3 Å². The van der Waals surface area contributed by atoms with Crippen LogP contribution in [0.4, 0.5) is 21.6 Å². The Morgan fingerprint density at radius 3 is 2.44 bits per heavy atom. The number of nitrogens with zero attached hydrogens (tertiary/aromatic N) is 6. The zero-order chi connectivity index (χ0) is 56.8. The molecule has 432 valence electrons. The number of aliphatic hydroxyl groups is 1. The Hall–Kier alpha value is -6.42. The zero-order valence-corrected chi connectivity index (χ0v) is 48.2. The Labute approximate surface area is 474 Å². The molecule has 81 heavy (non-hydrogen) atoms. The molecule has 11 rings (SSSR count). The molecule has 2 unspecified atom stereocenters. The van der Waals surface area contributed by atoms with E-state index in [1.54, 1.807) is 26.2 Å². The molecule has 6 aromatic rings. The van der Waals surface area contributed by atoms with Gasteiger partial charge in [-0.1, -0.05) is 38.1 Å². The van der Waals surface area contributed by atoms with Gasteiger partial charge >= 0.3 is 0 Å². The van der Waals surface area contributed by atoms with Crippen LogP contribution < -0.4 is 34.2 Å². The molecule has 2 aliphatic heterocycles. The number of fused-ring (bicyclic) bond motifs is 1. The molecule has 2 saturated heterocycles. The van der Waals surface area contributed by atoms with E-state index in [1.165, 1.54) is 61.0 Å². The summed E-state index contributed by atoms with van der Waals surface area (Å²) in [5.41, 5.74) is 5.50. The van der Waals surface area contributed by atoms with E-state index in [1.807, 2.05) is 13.1 Å². The number of piperidine rings is 1. The first-order valence-corrected chi connectivity index (χ1v) is 30.4. The number of ether oxygens (including phenoxy) is 3. The number of carbonyl (C=O) groups excluding carboxylic acids is 1. The van der Waals surface area contributed by atoms with E-state index in [0.717, 1.165) is 101 Å². The second kappa shape index (κ2) is 23.1. The molecule has 6 heterocycles. The van der Waals surface area contributed by atoms with E-state index in [9.17, 15) is 23.5 Å². The molecule has 5 fully saturated rings. The van der Waals surface area contributed by atoms with Gasteiger partial charge < -0.3 is 44.8 Å². The summed E-state index contributed by atoms with van der Waals surface area (Å²) in [7, 11) is -1.53. The Morgan fingerprint density at radius 1 is 0.963 bits per heavy atom. The number of hydroxylamine groups is 1. The highest BCUT2D eigenvalue weighted by molar-refractivity contribution is 7.90. The second-order valence-corrected chi connectivity index (χ2v) is 25.6. The van der Waals surface area contributed by atoms with Crippen LogP contribution in [0.3, 0.4) is 0 Å². The first-order chi connectivity index (χ1) is 38.9. The molecule has 3 aliphatic carbocycles. The van der Waals surface area contributed by atoms with Crippen LogP contribution in [0.15, 0.2) is 84.1 Å². The van der Waals surface area contributed by atoms with Gasteiger partial charge in [0.1, 0.15) is 27.9 Å². The van der Waals surface area contributed by atoms with Gasteiger partial charge in [0.25, 0.3) is 21.8 Å². The Morgan fingerprint density at radius 2 is 1.73 bits per heavy atom. The SMILES string of the molecule is CCOc1nc2[nH]cc(F)c2cc1Oc1cc(N2CCC3(CC2)CC(N2CCN(Cc4cnc(C5CC5)c(OC)c4)CC2c2ccccc2C(C)C)C3)ccc1C(=O)NS(=O)(=O)c1cnc(NCC2CCC(C)(O)CC2)c([NH+](C)[O-])c1. The number of halogens is 1. The van der Waals surface area contributed by atoms with Crippen LogP contribution in [-0.2, 0) is 16.6 Å². The summed E-state index contributed by atoms with van der Waals surface area (Å²) in [4.78, 5) is 38.1. The van der Waals surface area contributed by atoms with Crippen molar-refractivity contribution in [1.29, 1.82) is 0 Å². The third-order valence-corrected chi connectivity index (χ3v) is 19.1. The number of piperazine rings is 1. The normalized spacial score (nSPS) is 22.2. The Bertz CT molecular complexity index is 3360. The van der Waals surface area contributed by atoms with Crippen molar-refractivity contribution < 1.29 is 42.0 Å². The predicted octanol–water partition coefficient (Wildman–Crippen LogP) is 9.12. The van der Waals surface area contributed by atoms with Crippen LogP contribution in [0.5, 0.6) is 23.1 Å². The van der Waals surface area contributed by atoms with Crippen molar-refractivity contribution in [2.45, 2.75) is 133 Å². The summed E-state index contributed by atoms with van der Waals surface area (Å²) >= 11 is 0. The molecule has 4 aromatic heterocycles. The number of aromatic nitrogens is 4. The lowest BCUT2D eigenvalue weighted by Crippen LogP contribution is -2.98. The predicted molar refractivity (Wildman–Crippen MR) is 309 cm³/mol. The number of pyridine rings is 3. The molecular weight excluding hydrogens is 1050 g/mol. The average Bonchev–Trinajstić information content (AvgIpc) is 4.30. The number of sulfonamides is 1. The molecular formula is C61H77FN10O8S. The first-order valence-electron chi connectivity index (χ1n) is 28.9. The first kappa shape index (κ1) is 56.4. The third-order valence-electron chi connectivity index (χ3n) is 17.8. The number of quaternary nitrogens is 1. The molecule has 5 N–H and O–H groups in total. The summed E-state index contributed by atoms with van der Waals surface area (Å²) in [6.45, 7) is 14.0. The largest absolute Gasteiger partial charge is 0.629 e. The van der Waals surface area contributed by atoms with E-state index in [2.05, 4.69) is 83.9 Å². The van der Waals surface area contributed by atoms with Crippen LogP contribution >= 0.6 is 0 Å². The number of carbonyl (C=O) groups is 1. The monoisotopic (exact) mass is 1130 g/mol. The lowest BCUT2D eigenvalue weighted by molar-refractivity contribution is -0.751. The van der Waals surface area contributed by atoms with Gasteiger partial charge in [-0.3, -0.25) is 19.6 Å². The minimum atomic E-state index is -4.60. The van der Waals surface area contributed by atoms with Crippen LogP contribution in [0.2, 0.25) is 0 Å². The minimum Gasteiger partial charge on any atom is -0.629 e. The lowest BCUT2D eigenvalue weighted by atomic mass is 9.59. The number of rotatable bonds is 19. The molecule has 5 aliphatic rings. The van der Waals surface area contributed by atoms with Gasteiger partial charge in [0.05, 0.1) is 49.2 Å². The maximum absolute atomic E-state index is 15.1. The molecule has 0 bridgehead atoms. The van der Waals surface area contributed by atoms with E-state index < -0.39 is 32.4 Å². The van der Waals surface area contributed by atoms with Gasteiger partial charge in [0, 0.05) is 100 Å². The molecule has 20 heteroatoms. The van der Waals surface area contributed by atoms with Gasteiger partial charge in [-0.2, -0.15) is 4.98 Å². The highest BCUT2D eigenvalue weighted by Crippen LogP contribution is 2.54. The van der Waals surface area contributed by atoms with Crippen molar-refractivity contribution in [1.82, 2.24) is 34.5 Å². The number of nitrogens with one attached hydrogen (secondary N) is 4. The van der Waals surface area contributed by atoms with Crippen LogP contribution in [-0.4, -0.2) is 121 Å². The van der Waals surface area contributed by atoms with Gasteiger partial charge in [-0.05, 0) is 130 Å². The topological polar surface area (TPSA) is 215 Å². The fraction of sp³-hybridized carbons (Fsp3) is 0.508. The smallest absolute Gasteiger partial charge is 0.268 e. The number of H-pyrrole nitrogens is 1. The minimum absolute atomic E-state index is 0.00565. The van der Waals surface area contributed by atoms with Gasteiger partial charge in [0.15, 0.2) is 17.3 Å².